The van der Waals surface area contributed by atoms with E-state index in [-0.39, 0.29) is 24.0 Å². The van der Waals surface area contributed by atoms with Gasteiger partial charge in [-0.05, 0) is 30.5 Å². The van der Waals surface area contributed by atoms with E-state index in [1.807, 2.05) is 0 Å². The van der Waals surface area contributed by atoms with E-state index in [4.69, 9.17) is 4.74 Å². The lowest BCUT2D eigenvalue weighted by Crippen LogP contribution is -2.37. The van der Waals surface area contributed by atoms with Crippen LogP contribution in [0, 0.1) is 0 Å². The molecular weight excluding hydrogens is 439 g/mol. The van der Waals surface area contributed by atoms with Gasteiger partial charge in [0.1, 0.15) is 0 Å². The van der Waals surface area contributed by atoms with E-state index in [0.717, 1.165) is 58.2 Å². The Bertz CT molecular complexity index is 554. The Labute approximate surface area is 175 Å². The van der Waals surface area contributed by atoms with Gasteiger partial charge in [-0.1, -0.05) is 37.6 Å². The van der Waals surface area contributed by atoms with Crippen molar-refractivity contribution < 1.29 is 4.74 Å². The van der Waals surface area contributed by atoms with Gasteiger partial charge in [0.15, 0.2) is 5.96 Å². The van der Waals surface area contributed by atoms with Crippen molar-refractivity contribution in [1.82, 2.24) is 10.6 Å². The van der Waals surface area contributed by atoms with Crippen molar-refractivity contribution in [2.75, 3.05) is 44.8 Å². The molecule has 0 amide bonds. The smallest absolute Gasteiger partial charge is 0.191 e. The van der Waals surface area contributed by atoms with Gasteiger partial charge in [-0.25, -0.2) is 0 Å². The van der Waals surface area contributed by atoms with Crippen molar-refractivity contribution in [3.05, 3.63) is 42.0 Å². The largest absolute Gasteiger partial charge is 0.381 e. The minimum absolute atomic E-state index is 0. The van der Waals surface area contributed by atoms with Gasteiger partial charge in [0.25, 0.3) is 0 Å². The molecule has 0 spiro atoms. The first-order chi connectivity index (χ1) is 12.3. The normalized spacial score (nSPS) is 13.6. The summed E-state index contributed by atoms with van der Waals surface area (Å²) in [5.74, 6) is 0.835. The molecule has 0 aromatic heterocycles. The van der Waals surface area contributed by atoms with Crippen LogP contribution in [0.3, 0.4) is 0 Å². The number of rotatable bonds is 10. The van der Waals surface area contributed by atoms with Gasteiger partial charge in [-0.2, -0.15) is 0 Å². The van der Waals surface area contributed by atoms with E-state index in [2.05, 4.69) is 63.9 Å². The summed E-state index contributed by atoms with van der Waals surface area (Å²) in [6, 6.07) is 8.68. The Morgan fingerprint density at radius 1 is 1.15 bits per heavy atom. The summed E-state index contributed by atoms with van der Waals surface area (Å²) in [4.78, 5) is 6.64. The van der Waals surface area contributed by atoms with Crippen molar-refractivity contribution in [1.29, 1.82) is 0 Å². The maximum atomic E-state index is 5.57. The molecule has 0 fully saturated rings. The molecule has 1 aliphatic rings. The van der Waals surface area contributed by atoms with Gasteiger partial charge in [0, 0.05) is 52.1 Å². The number of anilines is 1. The zero-order valence-electron chi connectivity index (χ0n) is 16.0. The summed E-state index contributed by atoms with van der Waals surface area (Å²) in [6.07, 6.45) is 7.74. The van der Waals surface area contributed by atoms with E-state index in [1.165, 1.54) is 17.7 Å². The van der Waals surface area contributed by atoms with Gasteiger partial charge < -0.3 is 20.3 Å². The van der Waals surface area contributed by atoms with Crippen LogP contribution in [0.2, 0.25) is 0 Å². The van der Waals surface area contributed by atoms with Gasteiger partial charge in [-0.15, -0.1) is 24.0 Å². The third-order valence-corrected chi connectivity index (χ3v) is 4.18. The molecule has 0 aliphatic carbocycles. The topological polar surface area (TPSA) is 48.9 Å². The quantitative estimate of drug-likeness (QED) is 0.180. The lowest BCUT2D eigenvalue weighted by Gasteiger charge is -2.19. The Morgan fingerprint density at radius 2 is 1.92 bits per heavy atom. The van der Waals surface area contributed by atoms with E-state index in [9.17, 15) is 0 Å². The number of ether oxygens (including phenoxy) is 1. The van der Waals surface area contributed by atoms with Crippen LogP contribution in [0.25, 0.3) is 0 Å². The molecule has 1 aromatic rings. The van der Waals surface area contributed by atoms with Crippen molar-refractivity contribution in [2.45, 2.75) is 32.7 Å². The Morgan fingerprint density at radius 3 is 2.65 bits per heavy atom. The third kappa shape index (κ3) is 8.40. The second-order valence-electron chi connectivity index (χ2n) is 6.22. The molecule has 1 heterocycles. The molecular formula is C20H33IN4O. The number of hydrogen-bond donors (Lipinski definition) is 2. The number of benzene rings is 1. The summed E-state index contributed by atoms with van der Waals surface area (Å²) >= 11 is 0. The lowest BCUT2D eigenvalue weighted by atomic mass is 10.2. The van der Waals surface area contributed by atoms with Crippen LogP contribution in [0.4, 0.5) is 5.69 Å². The Balaban J connectivity index is 0.00000338. The summed E-state index contributed by atoms with van der Waals surface area (Å²) < 4.78 is 5.57. The molecule has 0 radical (unpaired) electrons. The maximum absolute atomic E-state index is 5.57. The second-order valence-corrected chi connectivity index (χ2v) is 6.22. The minimum atomic E-state index is 0. The molecule has 0 atom stereocenters. The average Bonchev–Trinajstić information content (AvgIpc) is 3.18. The van der Waals surface area contributed by atoms with Gasteiger partial charge in [-0.3, -0.25) is 4.99 Å². The Kier molecular flexibility index (Phi) is 12.1. The molecule has 0 saturated heterocycles. The standard InChI is InChI=1S/C20H32N4O.HI/c1-3-4-14-25-15-8-11-22-20(21-2)23-17-18-9-7-10-19(16-18)24-12-5-6-13-24;/h5-7,9-10,16H,3-4,8,11-15,17H2,1-2H3,(H2,21,22,23);1H. The maximum Gasteiger partial charge on any atom is 0.191 e. The monoisotopic (exact) mass is 472 g/mol. The van der Waals surface area contributed by atoms with Crippen molar-refractivity contribution >= 4 is 35.6 Å². The first-order valence-corrected chi connectivity index (χ1v) is 9.34. The fraction of sp³-hybridized carbons (Fsp3) is 0.550. The molecule has 0 unspecified atom stereocenters. The van der Waals surface area contributed by atoms with Crippen molar-refractivity contribution in [2.24, 2.45) is 4.99 Å². The highest BCUT2D eigenvalue weighted by Crippen LogP contribution is 2.18. The highest BCUT2D eigenvalue weighted by atomic mass is 127. The number of nitrogens with zero attached hydrogens (tertiary/aromatic N) is 2. The highest BCUT2D eigenvalue weighted by Gasteiger charge is 2.08. The third-order valence-electron chi connectivity index (χ3n) is 4.18. The van der Waals surface area contributed by atoms with Gasteiger partial charge in [0.2, 0.25) is 0 Å². The fourth-order valence-electron chi connectivity index (χ4n) is 2.69. The number of unbranched alkanes of at least 4 members (excludes halogenated alkanes) is 1. The molecule has 6 heteroatoms. The predicted molar refractivity (Wildman–Crippen MR) is 122 cm³/mol. The van der Waals surface area contributed by atoms with Crippen LogP contribution in [0.15, 0.2) is 41.4 Å². The van der Waals surface area contributed by atoms with Crippen molar-refractivity contribution in [3.63, 3.8) is 0 Å². The SMILES string of the molecule is CCCCOCCCNC(=NC)NCc1cccc(N2CC=CC2)c1.I. The van der Waals surface area contributed by atoms with Gasteiger partial charge >= 0.3 is 0 Å². The lowest BCUT2D eigenvalue weighted by molar-refractivity contribution is 0.129. The molecule has 26 heavy (non-hydrogen) atoms. The first-order valence-electron chi connectivity index (χ1n) is 9.34. The van der Waals surface area contributed by atoms with Crippen LogP contribution in [0.1, 0.15) is 31.7 Å². The molecule has 0 bridgehead atoms. The summed E-state index contributed by atoms with van der Waals surface area (Å²) in [5, 5.41) is 6.72. The fourth-order valence-corrected chi connectivity index (χ4v) is 2.69. The number of aliphatic imine (C=N–C) groups is 1. The van der Waals surface area contributed by atoms with E-state index in [0.29, 0.717) is 0 Å². The molecule has 5 nitrogen and oxygen atoms in total. The highest BCUT2D eigenvalue weighted by molar-refractivity contribution is 14.0. The summed E-state index contributed by atoms with van der Waals surface area (Å²) in [5.41, 5.74) is 2.53. The van der Waals surface area contributed by atoms with E-state index in [1.54, 1.807) is 7.05 Å². The molecule has 1 aliphatic heterocycles. The second kappa shape index (κ2) is 13.9. The Hall–Kier alpha value is -1.28. The number of guanidine groups is 1. The minimum Gasteiger partial charge on any atom is -0.381 e. The number of nitrogens with one attached hydrogen (secondary N) is 2. The van der Waals surface area contributed by atoms with Crippen LogP contribution in [-0.4, -0.2) is 45.9 Å². The number of halogens is 1. The molecule has 146 valence electrons. The van der Waals surface area contributed by atoms with Gasteiger partial charge in [0.05, 0.1) is 0 Å². The zero-order chi connectivity index (χ0) is 17.7. The summed E-state index contributed by atoms with van der Waals surface area (Å²) in [7, 11) is 1.80. The number of hydrogen-bond acceptors (Lipinski definition) is 3. The molecule has 0 saturated carbocycles. The van der Waals surface area contributed by atoms with Crippen LogP contribution >= 0.6 is 24.0 Å². The van der Waals surface area contributed by atoms with Crippen LogP contribution in [-0.2, 0) is 11.3 Å². The predicted octanol–water partition coefficient (Wildman–Crippen LogP) is 3.55. The van der Waals surface area contributed by atoms with E-state index >= 15 is 0 Å². The zero-order valence-corrected chi connectivity index (χ0v) is 18.4. The molecule has 1 aromatic carbocycles. The average molecular weight is 472 g/mol. The van der Waals surface area contributed by atoms with E-state index < -0.39 is 0 Å². The summed E-state index contributed by atoms with van der Waals surface area (Å²) in [6.45, 7) is 7.48. The van der Waals surface area contributed by atoms with Crippen LogP contribution < -0.4 is 15.5 Å². The molecule has 2 N–H and O–H groups in total. The first kappa shape index (κ1) is 22.8. The van der Waals surface area contributed by atoms with Crippen LogP contribution in [0.5, 0.6) is 0 Å². The molecule has 2 rings (SSSR count). The van der Waals surface area contributed by atoms with Crippen molar-refractivity contribution in [3.8, 4) is 0 Å².